The van der Waals surface area contributed by atoms with Crippen LogP contribution in [0.15, 0.2) is 0 Å². The maximum atomic E-state index is 13.7. The Balaban J connectivity index is 3.28. The van der Waals surface area contributed by atoms with Gasteiger partial charge in [0, 0.05) is 0 Å². The highest BCUT2D eigenvalue weighted by Gasteiger charge is 2.52. The van der Waals surface area contributed by atoms with Gasteiger partial charge in [-0.05, 0) is 98.2 Å². The monoisotopic (exact) mass is 590 g/mol. The first-order valence-electron chi connectivity index (χ1n) is 12.1. The molecule has 8 nitrogen and oxygen atoms in total. The molecular formula is C20H51O8PSi5. The van der Waals surface area contributed by atoms with Crippen molar-refractivity contribution in [1.29, 1.82) is 0 Å². The van der Waals surface area contributed by atoms with Crippen molar-refractivity contribution in [2.45, 2.75) is 123 Å². The minimum absolute atomic E-state index is 0.0124. The van der Waals surface area contributed by atoms with Gasteiger partial charge in [0.05, 0.1) is 6.61 Å². The molecule has 4 unspecified atom stereocenters. The molecule has 1 aliphatic heterocycles. The number of hydrogen-bond donors (Lipinski definition) is 0. The average molecular weight is 591 g/mol. The fourth-order valence-electron chi connectivity index (χ4n) is 3.26. The number of phosphoric acid groups is 1. The summed E-state index contributed by atoms with van der Waals surface area (Å²) in [5.41, 5.74) is 0. The minimum Gasteiger partial charge on any atom is -0.409 e. The second-order valence-electron chi connectivity index (χ2n) is 13.8. The Morgan fingerprint density at radius 3 is 1.32 bits per heavy atom. The van der Waals surface area contributed by atoms with Crippen molar-refractivity contribution in [2.75, 3.05) is 6.61 Å². The molecule has 0 bridgehead atoms. The molecule has 0 aliphatic carbocycles. The van der Waals surface area contributed by atoms with Gasteiger partial charge < -0.3 is 26.4 Å². The zero-order valence-electron chi connectivity index (χ0n) is 24.2. The van der Waals surface area contributed by atoms with Crippen LogP contribution in [0.1, 0.15) is 0 Å². The second-order valence-corrected chi connectivity index (χ2v) is 38.3. The van der Waals surface area contributed by atoms with E-state index in [0.717, 1.165) is 0 Å². The molecule has 0 N–H and O–H groups in total. The molecule has 1 fully saturated rings. The Hall–Kier alpha value is 1.03. The lowest BCUT2D eigenvalue weighted by Gasteiger charge is -2.35. The van der Waals surface area contributed by atoms with Crippen molar-refractivity contribution in [1.82, 2.24) is 0 Å². The van der Waals surface area contributed by atoms with E-state index in [0.29, 0.717) is 0 Å². The van der Waals surface area contributed by atoms with Crippen LogP contribution in [0.5, 0.6) is 0 Å². The van der Waals surface area contributed by atoms with Gasteiger partial charge >= 0.3 is 7.82 Å². The van der Waals surface area contributed by atoms with Crippen LogP contribution in [0.4, 0.5) is 0 Å². The summed E-state index contributed by atoms with van der Waals surface area (Å²) in [6, 6.07) is 0. The van der Waals surface area contributed by atoms with Gasteiger partial charge in [-0.3, -0.25) is 4.52 Å². The first-order valence-corrected chi connectivity index (χ1v) is 30.6. The third-order valence-corrected chi connectivity index (χ3v) is 13.4. The lowest BCUT2D eigenvalue weighted by molar-refractivity contribution is -0.117. The van der Waals surface area contributed by atoms with Crippen molar-refractivity contribution in [2.24, 2.45) is 0 Å². The number of ether oxygens (including phenoxy) is 1. The molecule has 4 atom stereocenters. The predicted molar refractivity (Wildman–Crippen MR) is 152 cm³/mol. The third-order valence-electron chi connectivity index (χ3n) is 3.88. The molecule has 1 aliphatic rings. The molecule has 0 aromatic carbocycles. The van der Waals surface area contributed by atoms with E-state index in [1.165, 1.54) is 0 Å². The smallest absolute Gasteiger partial charge is 0.409 e. The highest BCUT2D eigenvalue weighted by molar-refractivity contribution is 7.52. The van der Waals surface area contributed by atoms with Crippen molar-refractivity contribution >= 4 is 49.4 Å². The van der Waals surface area contributed by atoms with E-state index in [1.54, 1.807) is 0 Å². The molecule has 0 amide bonds. The summed E-state index contributed by atoms with van der Waals surface area (Å²) < 4.78 is 57.5. The molecule has 14 heteroatoms. The van der Waals surface area contributed by atoms with Gasteiger partial charge in [0.1, 0.15) is 18.3 Å². The lowest BCUT2D eigenvalue weighted by Crippen LogP contribution is -2.50. The van der Waals surface area contributed by atoms with E-state index < -0.39 is 67.9 Å². The molecule has 1 saturated heterocycles. The third kappa shape index (κ3) is 13.5. The maximum absolute atomic E-state index is 13.7. The van der Waals surface area contributed by atoms with E-state index >= 15 is 0 Å². The van der Waals surface area contributed by atoms with Gasteiger partial charge in [0.15, 0.2) is 47.9 Å². The number of hydrogen-bond acceptors (Lipinski definition) is 8. The Morgan fingerprint density at radius 2 is 0.971 bits per heavy atom. The second kappa shape index (κ2) is 11.4. The topological polar surface area (TPSA) is 81.7 Å². The molecule has 34 heavy (non-hydrogen) atoms. The lowest BCUT2D eigenvalue weighted by atomic mass is 10.1. The first-order chi connectivity index (χ1) is 14.8. The normalized spacial score (nSPS) is 25.7. The fraction of sp³-hybridized carbons (Fsp3) is 1.00. The van der Waals surface area contributed by atoms with Crippen LogP contribution in [0.2, 0.25) is 98.2 Å². The van der Waals surface area contributed by atoms with E-state index in [-0.39, 0.29) is 12.7 Å². The van der Waals surface area contributed by atoms with Crippen LogP contribution in [0.3, 0.4) is 0 Å². The fourth-order valence-corrected chi connectivity index (χ4v) is 12.9. The molecule has 0 radical (unpaired) electrons. The molecular weight excluding hydrogens is 540 g/mol. The van der Waals surface area contributed by atoms with Crippen molar-refractivity contribution in [3.8, 4) is 0 Å². The van der Waals surface area contributed by atoms with Gasteiger partial charge in [0.2, 0.25) is 0 Å². The first kappa shape index (κ1) is 33.1. The van der Waals surface area contributed by atoms with Crippen LogP contribution in [0.25, 0.3) is 0 Å². The highest BCUT2D eigenvalue weighted by Crippen LogP contribution is 2.54. The quantitative estimate of drug-likeness (QED) is 0.171. The zero-order chi connectivity index (χ0) is 27.0. The Morgan fingerprint density at radius 1 is 0.588 bits per heavy atom. The van der Waals surface area contributed by atoms with Gasteiger partial charge in [-0.15, -0.1) is 0 Å². The van der Waals surface area contributed by atoms with Crippen LogP contribution in [-0.4, -0.2) is 72.8 Å². The van der Waals surface area contributed by atoms with E-state index in [4.69, 9.17) is 31.0 Å². The van der Waals surface area contributed by atoms with Crippen LogP contribution >= 0.6 is 7.82 Å². The summed E-state index contributed by atoms with van der Waals surface area (Å²) in [5, 5.41) is 0. The minimum atomic E-state index is -3.78. The molecule has 204 valence electrons. The Labute approximate surface area is 214 Å². The standard InChI is InChI=1S/C20H51O8PSi5/c1-30(2,3)24-18-17(16-22-29(21,27-33(10,11)12)28-34(13,14)15)23-20(26-32(7,8)9)19(18)25-31(4,5)6/h17-20H,16H2,1-15H3. The van der Waals surface area contributed by atoms with Crippen molar-refractivity contribution in [3.05, 3.63) is 0 Å². The van der Waals surface area contributed by atoms with E-state index in [9.17, 15) is 4.57 Å². The summed E-state index contributed by atoms with van der Waals surface area (Å²) in [6.45, 7) is 31.0. The summed E-state index contributed by atoms with van der Waals surface area (Å²) in [6.07, 6.45) is -1.86. The molecule has 0 spiro atoms. The van der Waals surface area contributed by atoms with E-state index in [1.807, 2.05) is 39.3 Å². The van der Waals surface area contributed by atoms with Gasteiger partial charge in [0.25, 0.3) is 0 Å². The molecule has 1 rings (SSSR count). The SMILES string of the molecule is C[Si](C)(C)OC1OC(COP(=O)(O[Si](C)(C)C)O[Si](C)(C)C)C(O[Si](C)(C)C)C1O[Si](C)(C)C. The van der Waals surface area contributed by atoms with Crippen LogP contribution in [0, 0.1) is 0 Å². The summed E-state index contributed by atoms with van der Waals surface area (Å²) >= 11 is 0. The molecule has 0 aromatic heterocycles. The Kier molecular flexibility index (Phi) is 11.1. The van der Waals surface area contributed by atoms with Crippen LogP contribution < -0.4 is 0 Å². The average Bonchev–Trinajstić information content (AvgIpc) is 2.73. The van der Waals surface area contributed by atoms with E-state index in [2.05, 4.69) is 58.9 Å². The van der Waals surface area contributed by atoms with Gasteiger partial charge in [-0.2, -0.15) is 0 Å². The summed E-state index contributed by atoms with van der Waals surface area (Å²) in [7, 11) is -14.1. The highest BCUT2D eigenvalue weighted by atomic mass is 31.2. The van der Waals surface area contributed by atoms with Crippen molar-refractivity contribution < 1.29 is 35.5 Å². The van der Waals surface area contributed by atoms with Gasteiger partial charge in [-0.25, -0.2) is 4.57 Å². The van der Waals surface area contributed by atoms with Crippen molar-refractivity contribution in [3.63, 3.8) is 0 Å². The zero-order valence-corrected chi connectivity index (χ0v) is 30.1. The largest absolute Gasteiger partial charge is 0.455 e. The maximum Gasteiger partial charge on any atom is 0.455 e. The molecule has 0 saturated carbocycles. The summed E-state index contributed by atoms with van der Waals surface area (Å²) in [4.78, 5) is 0. The molecule has 1 heterocycles. The van der Waals surface area contributed by atoms with Crippen LogP contribution in [-0.2, 0) is 35.5 Å². The summed E-state index contributed by atoms with van der Waals surface area (Å²) in [5.74, 6) is 0. The Bertz CT molecular complexity index is 686. The predicted octanol–water partition coefficient (Wildman–Crippen LogP) is 6.83. The number of rotatable bonds is 13. The van der Waals surface area contributed by atoms with Gasteiger partial charge in [-0.1, -0.05) is 0 Å². The molecule has 0 aromatic rings.